The number of ether oxygens (including phenoxy) is 2. The van der Waals surface area contributed by atoms with Crippen molar-refractivity contribution in [2.75, 3.05) is 33.2 Å². The summed E-state index contributed by atoms with van der Waals surface area (Å²) in [5, 5.41) is 11.4. The van der Waals surface area contributed by atoms with Crippen LogP contribution in [0.1, 0.15) is 41.5 Å². The first-order valence-corrected chi connectivity index (χ1v) is 8.31. The van der Waals surface area contributed by atoms with Crippen LogP contribution >= 0.6 is 24.0 Å². The number of halogens is 1. The average molecular weight is 487 g/mol. The smallest absolute Gasteiger partial charge is 0.407 e. The minimum Gasteiger partial charge on any atom is -0.444 e. The monoisotopic (exact) mass is 487 g/mol. The zero-order chi connectivity index (χ0) is 19.5. The maximum atomic E-state index is 11.5. The molecule has 0 aromatic carbocycles. The first kappa shape index (κ1) is 26.8. The lowest BCUT2D eigenvalue weighted by atomic mass is 10.2. The number of nitrogens with one attached hydrogen (secondary N) is 4. The van der Waals surface area contributed by atoms with Crippen molar-refractivity contribution in [2.24, 2.45) is 4.99 Å². The summed E-state index contributed by atoms with van der Waals surface area (Å²) in [6.07, 6.45) is -0.919. The molecule has 0 saturated heterocycles. The van der Waals surface area contributed by atoms with Crippen molar-refractivity contribution < 1.29 is 19.1 Å². The molecule has 0 aliphatic carbocycles. The van der Waals surface area contributed by atoms with Gasteiger partial charge in [-0.1, -0.05) is 0 Å². The van der Waals surface area contributed by atoms with E-state index in [1.165, 1.54) is 0 Å². The van der Waals surface area contributed by atoms with Gasteiger partial charge in [-0.25, -0.2) is 9.59 Å². The molecule has 0 saturated carbocycles. The van der Waals surface area contributed by atoms with Crippen LogP contribution in [0.25, 0.3) is 0 Å². The summed E-state index contributed by atoms with van der Waals surface area (Å²) in [5.41, 5.74) is -1.04. The van der Waals surface area contributed by atoms with Crippen molar-refractivity contribution in [3.05, 3.63) is 0 Å². The Morgan fingerprint density at radius 2 is 1.04 bits per heavy atom. The molecule has 0 atom stereocenters. The van der Waals surface area contributed by atoms with Gasteiger partial charge in [-0.2, -0.15) is 0 Å². The molecule has 0 bridgehead atoms. The third kappa shape index (κ3) is 17.4. The van der Waals surface area contributed by atoms with Gasteiger partial charge < -0.3 is 30.7 Å². The van der Waals surface area contributed by atoms with Gasteiger partial charge in [0.05, 0.1) is 0 Å². The van der Waals surface area contributed by atoms with Crippen LogP contribution in [-0.4, -0.2) is 62.6 Å². The van der Waals surface area contributed by atoms with E-state index in [-0.39, 0.29) is 24.0 Å². The summed E-state index contributed by atoms with van der Waals surface area (Å²) >= 11 is 0. The van der Waals surface area contributed by atoms with Gasteiger partial charge in [0.1, 0.15) is 11.2 Å². The maximum absolute atomic E-state index is 11.5. The van der Waals surface area contributed by atoms with E-state index >= 15 is 0 Å². The van der Waals surface area contributed by atoms with Gasteiger partial charge in [-0.05, 0) is 41.5 Å². The Kier molecular flexibility index (Phi) is 13.2. The minimum absolute atomic E-state index is 0. The molecule has 0 fully saturated rings. The number of carbonyl (C=O) groups is 2. The quantitative estimate of drug-likeness (QED) is 0.197. The Labute approximate surface area is 173 Å². The molecule has 0 spiro atoms. The highest BCUT2D eigenvalue weighted by atomic mass is 127. The van der Waals surface area contributed by atoms with Crippen molar-refractivity contribution in [3.63, 3.8) is 0 Å². The summed E-state index contributed by atoms with van der Waals surface area (Å²) in [7, 11) is 1.64. The highest BCUT2D eigenvalue weighted by Gasteiger charge is 2.16. The minimum atomic E-state index is -0.518. The van der Waals surface area contributed by atoms with E-state index in [9.17, 15) is 9.59 Å². The van der Waals surface area contributed by atoms with Crippen LogP contribution in [0.2, 0.25) is 0 Å². The number of hydrogen-bond acceptors (Lipinski definition) is 5. The molecule has 154 valence electrons. The Balaban J connectivity index is 0. The van der Waals surface area contributed by atoms with Crippen molar-refractivity contribution in [1.29, 1.82) is 0 Å². The molecule has 2 amide bonds. The van der Waals surface area contributed by atoms with Crippen molar-refractivity contribution >= 4 is 42.1 Å². The Hall–Kier alpha value is -1.46. The van der Waals surface area contributed by atoms with Gasteiger partial charge in [0.25, 0.3) is 0 Å². The van der Waals surface area contributed by atoms with E-state index in [0.29, 0.717) is 32.1 Å². The SMILES string of the molecule is CN=C(NCCNC(=O)OC(C)(C)C)NCCNC(=O)OC(C)(C)C.I. The van der Waals surface area contributed by atoms with Crippen LogP contribution in [0, 0.1) is 0 Å². The first-order valence-electron chi connectivity index (χ1n) is 8.31. The van der Waals surface area contributed by atoms with Crippen LogP contribution in [0.3, 0.4) is 0 Å². The number of hydrogen-bond donors (Lipinski definition) is 4. The van der Waals surface area contributed by atoms with Crippen molar-refractivity contribution in [1.82, 2.24) is 21.3 Å². The lowest BCUT2D eigenvalue weighted by molar-refractivity contribution is 0.0518. The van der Waals surface area contributed by atoms with Gasteiger partial charge in [-0.15, -0.1) is 24.0 Å². The predicted molar refractivity (Wildman–Crippen MR) is 113 cm³/mol. The molecule has 0 heterocycles. The molecule has 0 radical (unpaired) electrons. The third-order valence-corrected chi connectivity index (χ3v) is 2.39. The highest BCUT2D eigenvalue weighted by molar-refractivity contribution is 14.0. The molecule has 0 aromatic rings. The van der Waals surface area contributed by atoms with E-state index in [1.807, 2.05) is 41.5 Å². The largest absolute Gasteiger partial charge is 0.444 e. The molecular formula is C16H34IN5O4. The summed E-state index contributed by atoms with van der Waals surface area (Å²) in [6, 6.07) is 0. The first-order chi connectivity index (χ1) is 11.4. The predicted octanol–water partition coefficient (Wildman–Crippen LogP) is 1.82. The normalized spacial score (nSPS) is 10.7. The summed E-state index contributed by atoms with van der Waals surface area (Å²) in [5.74, 6) is 0.567. The second kappa shape index (κ2) is 12.8. The topological polar surface area (TPSA) is 113 Å². The molecule has 0 aliphatic heterocycles. The van der Waals surface area contributed by atoms with Crippen LogP contribution in [0.4, 0.5) is 9.59 Å². The van der Waals surface area contributed by atoms with Crippen LogP contribution in [-0.2, 0) is 9.47 Å². The molecule has 0 aliphatic rings. The van der Waals surface area contributed by atoms with E-state index < -0.39 is 23.4 Å². The fraction of sp³-hybridized carbons (Fsp3) is 0.812. The molecular weight excluding hydrogens is 453 g/mol. The second-order valence-electron chi connectivity index (χ2n) is 7.28. The van der Waals surface area contributed by atoms with Crippen molar-refractivity contribution in [2.45, 2.75) is 52.7 Å². The van der Waals surface area contributed by atoms with Gasteiger partial charge in [-0.3, -0.25) is 4.99 Å². The zero-order valence-corrected chi connectivity index (χ0v) is 19.1. The maximum Gasteiger partial charge on any atom is 0.407 e. The van der Waals surface area contributed by atoms with Gasteiger partial charge in [0, 0.05) is 33.2 Å². The van der Waals surface area contributed by atoms with E-state index in [1.54, 1.807) is 7.05 Å². The number of rotatable bonds is 6. The van der Waals surface area contributed by atoms with Gasteiger partial charge >= 0.3 is 12.2 Å². The summed E-state index contributed by atoms with van der Waals surface area (Å²) in [4.78, 5) is 27.0. The van der Waals surface area contributed by atoms with E-state index in [2.05, 4.69) is 26.3 Å². The number of nitrogens with zero attached hydrogens (tertiary/aromatic N) is 1. The van der Waals surface area contributed by atoms with Crippen LogP contribution in [0.15, 0.2) is 4.99 Å². The number of carbonyl (C=O) groups excluding carboxylic acids is 2. The molecule has 0 aromatic heterocycles. The Bertz CT molecular complexity index is 421. The second-order valence-corrected chi connectivity index (χ2v) is 7.28. The van der Waals surface area contributed by atoms with Crippen LogP contribution in [0.5, 0.6) is 0 Å². The van der Waals surface area contributed by atoms with E-state index in [0.717, 1.165) is 0 Å². The van der Waals surface area contributed by atoms with Crippen molar-refractivity contribution in [3.8, 4) is 0 Å². The summed E-state index contributed by atoms with van der Waals surface area (Å²) < 4.78 is 10.3. The lowest BCUT2D eigenvalue weighted by Gasteiger charge is -2.20. The summed E-state index contributed by atoms with van der Waals surface area (Å²) in [6.45, 7) is 12.6. The fourth-order valence-corrected chi connectivity index (χ4v) is 1.54. The van der Waals surface area contributed by atoms with Gasteiger partial charge in [0.15, 0.2) is 5.96 Å². The standard InChI is InChI=1S/C16H33N5O4.HI/c1-15(2,3)24-13(22)20-10-8-18-12(17-7)19-9-11-21-14(23)25-16(4,5)6;/h8-11H2,1-7H3,(H,20,22)(H,21,23)(H2,17,18,19);1H. The Morgan fingerprint density at radius 3 is 1.31 bits per heavy atom. The molecule has 9 nitrogen and oxygen atoms in total. The molecule has 4 N–H and O–H groups in total. The van der Waals surface area contributed by atoms with E-state index in [4.69, 9.17) is 9.47 Å². The fourth-order valence-electron chi connectivity index (χ4n) is 1.54. The molecule has 26 heavy (non-hydrogen) atoms. The molecule has 10 heteroatoms. The lowest BCUT2D eigenvalue weighted by Crippen LogP contribution is -2.44. The number of guanidine groups is 1. The third-order valence-electron chi connectivity index (χ3n) is 2.39. The van der Waals surface area contributed by atoms with Crippen LogP contribution < -0.4 is 21.3 Å². The van der Waals surface area contributed by atoms with Gasteiger partial charge in [0.2, 0.25) is 0 Å². The Morgan fingerprint density at radius 1 is 0.731 bits per heavy atom. The molecule has 0 unspecified atom stereocenters. The number of aliphatic imine (C=N–C) groups is 1. The molecule has 0 rings (SSSR count). The number of amides is 2. The highest BCUT2D eigenvalue weighted by Crippen LogP contribution is 2.06. The number of alkyl carbamates (subject to hydrolysis) is 2. The zero-order valence-electron chi connectivity index (χ0n) is 16.8. The average Bonchev–Trinajstić information content (AvgIpc) is 2.41.